The van der Waals surface area contributed by atoms with Crippen LogP contribution in [0.4, 0.5) is 0 Å². The fourth-order valence-electron chi connectivity index (χ4n) is 3.41. The van der Waals surface area contributed by atoms with Crippen molar-refractivity contribution >= 4 is 11.3 Å². The van der Waals surface area contributed by atoms with Gasteiger partial charge in [0.25, 0.3) is 0 Å². The number of hydrogen-bond acceptors (Lipinski definition) is 2. The van der Waals surface area contributed by atoms with Crippen molar-refractivity contribution in [3.05, 3.63) is 82.7 Å². The highest BCUT2D eigenvalue weighted by molar-refractivity contribution is 7.13. The minimum atomic E-state index is 0.479. The molecule has 0 saturated heterocycles. The van der Waals surface area contributed by atoms with E-state index in [1.165, 1.54) is 27.1 Å². The Morgan fingerprint density at radius 3 is 2.64 bits per heavy atom. The summed E-state index contributed by atoms with van der Waals surface area (Å²) >= 11 is 1.81. The maximum atomic E-state index is 2.43. The van der Waals surface area contributed by atoms with Crippen LogP contribution in [0.3, 0.4) is 0 Å². The molecule has 1 nitrogen and oxygen atoms in total. The first-order valence-corrected chi connectivity index (χ1v) is 8.59. The molecule has 0 amide bonds. The summed E-state index contributed by atoms with van der Waals surface area (Å²) in [6, 6.07) is 22.2. The Morgan fingerprint density at radius 2 is 1.86 bits per heavy atom. The summed E-state index contributed by atoms with van der Waals surface area (Å²) < 4.78 is 0. The van der Waals surface area contributed by atoms with Crippen LogP contribution >= 0.6 is 11.3 Å². The van der Waals surface area contributed by atoms with E-state index in [4.69, 9.17) is 0 Å². The lowest BCUT2D eigenvalue weighted by Crippen LogP contribution is -2.30. The van der Waals surface area contributed by atoms with Gasteiger partial charge in [-0.25, -0.2) is 0 Å². The molecule has 0 saturated carbocycles. The fourth-order valence-corrected chi connectivity index (χ4v) is 4.14. The highest BCUT2D eigenvalue weighted by Gasteiger charge is 2.24. The average molecular weight is 305 g/mol. The molecule has 2 heterocycles. The molecule has 110 valence electrons. The molecule has 0 N–H and O–H groups in total. The summed E-state index contributed by atoms with van der Waals surface area (Å²) in [6.45, 7) is 2.13. The minimum absolute atomic E-state index is 0.479. The van der Waals surface area contributed by atoms with E-state index in [2.05, 4.69) is 78.0 Å². The lowest BCUT2D eigenvalue weighted by molar-refractivity contribution is 0.295. The molecule has 4 rings (SSSR count). The molecule has 0 bridgehead atoms. The Kier molecular flexibility index (Phi) is 3.57. The molecule has 1 atom stereocenters. The molecule has 0 fully saturated rings. The van der Waals surface area contributed by atoms with Gasteiger partial charge in [0, 0.05) is 23.9 Å². The lowest BCUT2D eigenvalue weighted by atomic mass is 9.84. The Bertz CT molecular complexity index is 762. The van der Waals surface area contributed by atoms with Crippen LogP contribution in [0, 0.1) is 0 Å². The Labute approximate surface area is 135 Å². The average Bonchev–Trinajstić information content (AvgIpc) is 3.09. The van der Waals surface area contributed by atoms with Crippen LogP contribution in [-0.2, 0) is 6.54 Å². The molecule has 1 unspecified atom stereocenters. The van der Waals surface area contributed by atoms with Crippen molar-refractivity contribution in [3.63, 3.8) is 0 Å². The molecule has 1 aromatic heterocycles. The third-order valence-corrected chi connectivity index (χ3v) is 5.38. The van der Waals surface area contributed by atoms with Crippen LogP contribution in [0.15, 0.2) is 66.0 Å². The van der Waals surface area contributed by atoms with E-state index in [1.807, 2.05) is 11.3 Å². The first-order chi connectivity index (χ1) is 10.8. The summed E-state index contributed by atoms with van der Waals surface area (Å²) in [5.74, 6) is 0.479. The molecular formula is C20H19NS. The van der Waals surface area contributed by atoms with Crippen LogP contribution in [0.2, 0.25) is 0 Å². The normalized spacial score (nSPS) is 18.1. The van der Waals surface area contributed by atoms with Gasteiger partial charge in [-0.1, -0.05) is 48.5 Å². The zero-order valence-corrected chi connectivity index (χ0v) is 13.5. The van der Waals surface area contributed by atoms with E-state index in [9.17, 15) is 0 Å². The van der Waals surface area contributed by atoms with Crippen LogP contribution in [0.1, 0.15) is 22.6 Å². The predicted octanol–water partition coefficient (Wildman–Crippen LogP) is 4.99. The van der Waals surface area contributed by atoms with Crippen molar-refractivity contribution in [3.8, 4) is 10.4 Å². The Morgan fingerprint density at radius 1 is 1.00 bits per heavy atom. The Balaban J connectivity index is 1.78. The standard InChI is InChI=1S/C20H19NS/c1-21-13-17-12-16(20-8-5-11-22-20)9-10-18(17)19(14-21)15-6-3-2-4-7-15/h2-12,19H,13-14H2,1H3. The lowest BCUT2D eigenvalue weighted by Gasteiger charge is -2.33. The molecule has 3 aromatic rings. The van der Waals surface area contributed by atoms with Crippen molar-refractivity contribution in [1.82, 2.24) is 4.90 Å². The van der Waals surface area contributed by atoms with E-state index in [-0.39, 0.29) is 0 Å². The van der Waals surface area contributed by atoms with Gasteiger partial charge in [-0.2, -0.15) is 0 Å². The van der Waals surface area contributed by atoms with E-state index in [1.54, 1.807) is 0 Å². The van der Waals surface area contributed by atoms with Crippen molar-refractivity contribution < 1.29 is 0 Å². The summed E-state index contributed by atoms with van der Waals surface area (Å²) in [5.41, 5.74) is 5.72. The molecule has 2 aromatic carbocycles. The summed E-state index contributed by atoms with van der Waals surface area (Å²) in [5, 5.41) is 2.15. The molecule has 0 radical (unpaired) electrons. The topological polar surface area (TPSA) is 3.24 Å². The highest BCUT2D eigenvalue weighted by Crippen LogP contribution is 2.36. The van der Waals surface area contributed by atoms with Crippen molar-refractivity contribution in [2.45, 2.75) is 12.5 Å². The maximum absolute atomic E-state index is 2.43. The monoisotopic (exact) mass is 305 g/mol. The summed E-state index contributed by atoms with van der Waals surface area (Å²) in [6.07, 6.45) is 0. The van der Waals surface area contributed by atoms with E-state index in [0.29, 0.717) is 5.92 Å². The molecule has 0 aliphatic carbocycles. The smallest absolute Gasteiger partial charge is 0.0342 e. The van der Waals surface area contributed by atoms with Crippen LogP contribution in [0.25, 0.3) is 10.4 Å². The number of likely N-dealkylation sites (N-methyl/N-ethyl adjacent to an activating group) is 1. The van der Waals surface area contributed by atoms with Crippen molar-refractivity contribution in [2.24, 2.45) is 0 Å². The first-order valence-electron chi connectivity index (χ1n) is 7.71. The van der Waals surface area contributed by atoms with Crippen LogP contribution in [0.5, 0.6) is 0 Å². The van der Waals surface area contributed by atoms with Gasteiger partial charge in [-0.15, -0.1) is 11.3 Å². The van der Waals surface area contributed by atoms with Crippen LogP contribution < -0.4 is 0 Å². The number of benzene rings is 2. The van der Waals surface area contributed by atoms with Crippen molar-refractivity contribution in [1.29, 1.82) is 0 Å². The van der Waals surface area contributed by atoms with Gasteiger partial charge in [0.2, 0.25) is 0 Å². The molecule has 2 heteroatoms. The molecule has 1 aliphatic rings. The largest absolute Gasteiger partial charge is 0.301 e. The maximum Gasteiger partial charge on any atom is 0.0342 e. The van der Waals surface area contributed by atoms with Gasteiger partial charge < -0.3 is 4.90 Å². The summed E-state index contributed by atoms with van der Waals surface area (Å²) in [7, 11) is 2.22. The van der Waals surface area contributed by atoms with Gasteiger partial charge in [-0.3, -0.25) is 0 Å². The van der Waals surface area contributed by atoms with E-state index in [0.717, 1.165) is 13.1 Å². The van der Waals surface area contributed by atoms with E-state index < -0.39 is 0 Å². The second-order valence-corrected chi connectivity index (χ2v) is 7.00. The number of fused-ring (bicyclic) bond motifs is 1. The zero-order valence-electron chi connectivity index (χ0n) is 12.7. The third-order valence-electron chi connectivity index (χ3n) is 4.46. The summed E-state index contributed by atoms with van der Waals surface area (Å²) in [4.78, 5) is 3.78. The molecular weight excluding hydrogens is 286 g/mol. The van der Waals surface area contributed by atoms with Gasteiger partial charge in [0.15, 0.2) is 0 Å². The molecule has 22 heavy (non-hydrogen) atoms. The van der Waals surface area contributed by atoms with Gasteiger partial charge in [-0.05, 0) is 46.8 Å². The highest BCUT2D eigenvalue weighted by atomic mass is 32.1. The molecule has 0 spiro atoms. The minimum Gasteiger partial charge on any atom is -0.301 e. The zero-order chi connectivity index (χ0) is 14.9. The SMILES string of the molecule is CN1Cc2cc(-c3cccs3)ccc2C(c2ccccc2)C1. The van der Waals surface area contributed by atoms with Crippen molar-refractivity contribution in [2.75, 3.05) is 13.6 Å². The second kappa shape index (κ2) is 5.71. The van der Waals surface area contributed by atoms with Gasteiger partial charge >= 0.3 is 0 Å². The number of nitrogens with zero attached hydrogens (tertiary/aromatic N) is 1. The number of hydrogen-bond donors (Lipinski definition) is 0. The number of thiophene rings is 1. The number of rotatable bonds is 2. The van der Waals surface area contributed by atoms with Gasteiger partial charge in [0.05, 0.1) is 0 Å². The molecule has 1 aliphatic heterocycles. The predicted molar refractivity (Wildman–Crippen MR) is 94.4 cm³/mol. The van der Waals surface area contributed by atoms with Crippen LogP contribution in [-0.4, -0.2) is 18.5 Å². The first kappa shape index (κ1) is 13.7. The quantitative estimate of drug-likeness (QED) is 0.644. The van der Waals surface area contributed by atoms with Gasteiger partial charge in [0.1, 0.15) is 0 Å². The van der Waals surface area contributed by atoms with E-state index >= 15 is 0 Å². The fraction of sp³-hybridized carbons (Fsp3) is 0.200. The third kappa shape index (κ3) is 2.49. The second-order valence-electron chi connectivity index (χ2n) is 6.05. The Hall–Kier alpha value is -1.90.